The van der Waals surface area contributed by atoms with Crippen molar-refractivity contribution in [3.8, 4) is 0 Å². The molecule has 0 unspecified atom stereocenters. The molecule has 0 atom stereocenters. The van der Waals surface area contributed by atoms with Crippen LogP contribution in [0.2, 0.25) is 0 Å². The Bertz CT molecular complexity index is 524. The molecule has 0 spiro atoms. The predicted octanol–water partition coefficient (Wildman–Crippen LogP) is 2.21. The molecule has 2 rings (SSSR count). The smallest absolute Gasteiger partial charge is 0.252 e. The van der Waals surface area contributed by atoms with Crippen LogP contribution in [0.4, 0.5) is 0 Å². The molecule has 96 valence electrons. The lowest BCUT2D eigenvalue weighted by Crippen LogP contribution is -2.26. The number of pyridine rings is 1. The molecule has 2 aromatic heterocycles. The Morgan fingerprint density at radius 1 is 1.44 bits per heavy atom. The average molecular weight is 263 g/mol. The molecule has 18 heavy (non-hydrogen) atoms. The highest BCUT2D eigenvalue weighted by Crippen LogP contribution is 2.05. The maximum absolute atomic E-state index is 11.9. The van der Waals surface area contributed by atoms with Crippen molar-refractivity contribution in [1.29, 1.82) is 0 Å². The third-order valence-electron chi connectivity index (χ3n) is 2.53. The Kier molecular flexibility index (Phi) is 4.64. The van der Waals surface area contributed by atoms with Crippen LogP contribution in [0.25, 0.3) is 5.65 Å². The standard InChI is InChI=1S/C13H17N3OS/c1-2-8-18-9-6-15-13(17)11-3-4-12-14-5-7-16(12)10-11/h3-5,7,10H,2,6,8-9H2,1H3,(H,15,17). The normalized spacial score (nSPS) is 10.7. The van der Waals surface area contributed by atoms with Crippen LogP contribution in [0.5, 0.6) is 0 Å². The molecular formula is C13H17N3OS. The number of imidazole rings is 1. The van der Waals surface area contributed by atoms with E-state index in [2.05, 4.69) is 17.2 Å². The van der Waals surface area contributed by atoms with Gasteiger partial charge in [0.2, 0.25) is 0 Å². The van der Waals surface area contributed by atoms with Crippen LogP contribution >= 0.6 is 11.8 Å². The maximum atomic E-state index is 11.9. The van der Waals surface area contributed by atoms with Gasteiger partial charge in [0, 0.05) is 30.9 Å². The van der Waals surface area contributed by atoms with Gasteiger partial charge in [-0.3, -0.25) is 4.79 Å². The first-order valence-electron chi connectivity index (χ1n) is 6.10. The molecule has 0 aromatic carbocycles. The number of nitrogens with one attached hydrogen (secondary N) is 1. The van der Waals surface area contributed by atoms with E-state index < -0.39 is 0 Å². The van der Waals surface area contributed by atoms with Gasteiger partial charge in [0.1, 0.15) is 5.65 Å². The summed E-state index contributed by atoms with van der Waals surface area (Å²) in [5.41, 5.74) is 1.52. The van der Waals surface area contributed by atoms with E-state index in [1.165, 1.54) is 6.42 Å². The van der Waals surface area contributed by atoms with Crippen LogP contribution in [0, 0.1) is 0 Å². The summed E-state index contributed by atoms with van der Waals surface area (Å²) in [4.78, 5) is 16.0. The number of hydrogen-bond donors (Lipinski definition) is 1. The number of fused-ring (bicyclic) bond motifs is 1. The van der Waals surface area contributed by atoms with Gasteiger partial charge < -0.3 is 9.72 Å². The SMILES string of the molecule is CCCSCCNC(=O)c1ccc2nccn2c1. The van der Waals surface area contributed by atoms with Gasteiger partial charge in [0.15, 0.2) is 0 Å². The summed E-state index contributed by atoms with van der Waals surface area (Å²) >= 11 is 1.86. The van der Waals surface area contributed by atoms with Crippen molar-refractivity contribution in [2.45, 2.75) is 13.3 Å². The minimum atomic E-state index is -0.0253. The molecule has 4 nitrogen and oxygen atoms in total. The van der Waals surface area contributed by atoms with E-state index in [1.807, 2.05) is 28.4 Å². The van der Waals surface area contributed by atoms with Gasteiger partial charge in [-0.25, -0.2) is 4.98 Å². The second-order valence-electron chi connectivity index (χ2n) is 3.98. The lowest BCUT2D eigenvalue weighted by molar-refractivity contribution is 0.0955. The minimum absolute atomic E-state index is 0.0253. The van der Waals surface area contributed by atoms with E-state index in [0.717, 1.165) is 17.2 Å². The van der Waals surface area contributed by atoms with Gasteiger partial charge >= 0.3 is 0 Å². The first kappa shape index (κ1) is 13.0. The second kappa shape index (κ2) is 6.44. The summed E-state index contributed by atoms with van der Waals surface area (Å²) in [5, 5.41) is 2.92. The summed E-state index contributed by atoms with van der Waals surface area (Å²) in [5.74, 6) is 2.09. The van der Waals surface area contributed by atoms with Crippen molar-refractivity contribution in [3.63, 3.8) is 0 Å². The van der Waals surface area contributed by atoms with Gasteiger partial charge in [-0.1, -0.05) is 6.92 Å². The first-order chi connectivity index (χ1) is 8.81. The van der Waals surface area contributed by atoms with E-state index in [9.17, 15) is 4.79 Å². The van der Waals surface area contributed by atoms with Gasteiger partial charge in [0.05, 0.1) is 5.56 Å². The number of amides is 1. The maximum Gasteiger partial charge on any atom is 0.252 e. The van der Waals surface area contributed by atoms with Crippen LogP contribution in [-0.4, -0.2) is 33.3 Å². The number of aromatic nitrogens is 2. The van der Waals surface area contributed by atoms with Crippen molar-refractivity contribution < 1.29 is 4.79 Å². The number of hydrogen-bond acceptors (Lipinski definition) is 3. The lowest BCUT2D eigenvalue weighted by Gasteiger charge is -2.05. The third-order valence-corrected chi connectivity index (χ3v) is 3.72. The van der Waals surface area contributed by atoms with Gasteiger partial charge in [-0.05, 0) is 24.3 Å². The highest BCUT2D eigenvalue weighted by Gasteiger charge is 2.05. The summed E-state index contributed by atoms with van der Waals surface area (Å²) in [7, 11) is 0. The van der Waals surface area contributed by atoms with E-state index in [1.54, 1.807) is 18.5 Å². The third kappa shape index (κ3) is 3.26. The van der Waals surface area contributed by atoms with Crippen LogP contribution in [0.1, 0.15) is 23.7 Å². The Labute approximate surface area is 111 Å². The van der Waals surface area contributed by atoms with E-state index in [0.29, 0.717) is 12.1 Å². The zero-order valence-electron chi connectivity index (χ0n) is 10.4. The molecule has 0 bridgehead atoms. The number of carbonyl (C=O) groups is 1. The molecule has 1 amide bonds. The van der Waals surface area contributed by atoms with Gasteiger partial charge in [-0.2, -0.15) is 11.8 Å². The van der Waals surface area contributed by atoms with E-state index >= 15 is 0 Å². The van der Waals surface area contributed by atoms with Gasteiger partial charge in [0.25, 0.3) is 5.91 Å². The Morgan fingerprint density at radius 2 is 2.33 bits per heavy atom. The molecule has 0 saturated carbocycles. The monoisotopic (exact) mass is 263 g/mol. The lowest BCUT2D eigenvalue weighted by atomic mass is 10.2. The number of carbonyl (C=O) groups excluding carboxylic acids is 1. The van der Waals surface area contributed by atoms with Crippen molar-refractivity contribution in [2.75, 3.05) is 18.1 Å². The number of nitrogens with zero attached hydrogens (tertiary/aromatic N) is 2. The van der Waals surface area contributed by atoms with E-state index in [4.69, 9.17) is 0 Å². The molecule has 0 saturated heterocycles. The van der Waals surface area contributed by atoms with Crippen LogP contribution in [0.3, 0.4) is 0 Å². The van der Waals surface area contributed by atoms with Crippen molar-refractivity contribution in [2.24, 2.45) is 0 Å². The molecular weight excluding hydrogens is 246 g/mol. The molecule has 2 aromatic rings. The average Bonchev–Trinajstić information content (AvgIpc) is 2.85. The van der Waals surface area contributed by atoms with E-state index in [-0.39, 0.29) is 5.91 Å². The van der Waals surface area contributed by atoms with Crippen molar-refractivity contribution in [3.05, 3.63) is 36.3 Å². The summed E-state index contributed by atoms with van der Waals surface area (Å²) in [6.45, 7) is 2.87. The zero-order valence-corrected chi connectivity index (χ0v) is 11.2. The largest absolute Gasteiger partial charge is 0.351 e. The number of rotatable bonds is 6. The predicted molar refractivity (Wildman–Crippen MR) is 75.1 cm³/mol. The molecule has 0 fully saturated rings. The molecule has 5 heteroatoms. The van der Waals surface area contributed by atoms with Crippen LogP contribution in [0.15, 0.2) is 30.7 Å². The fourth-order valence-corrected chi connectivity index (χ4v) is 2.38. The zero-order chi connectivity index (χ0) is 12.8. The molecule has 2 heterocycles. The molecule has 0 aliphatic rings. The van der Waals surface area contributed by atoms with Crippen molar-refractivity contribution >= 4 is 23.3 Å². The summed E-state index contributed by atoms with van der Waals surface area (Å²) in [6.07, 6.45) is 6.54. The quantitative estimate of drug-likeness (QED) is 0.813. The van der Waals surface area contributed by atoms with Crippen molar-refractivity contribution in [1.82, 2.24) is 14.7 Å². The first-order valence-corrected chi connectivity index (χ1v) is 7.25. The fourth-order valence-electron chi connectivity index (χ4n) is 1.64. The topological polar surface area (TPSA) is 46.4 Å². The second-order valence-corrected chi connectivity index (χ2v) is 5.20. The van der Waals surface area contributed by atoms with Gasteiger partial charge in [-0.15, -0.1) is 0 Å². The Balaban J connectivity index is 1.88. The molecule has 0 aliphatic heterocycles. The molecule has 0 radical (unpaired) electrons. The summed E-state index contributed by atoms with van der Waals surface area (Å²) < 4.78 is 1.85. The molecule has 1 N–H and O–H groups in total. The minimum Gasteiger partial charge on any atom is -0.351 e. The fraction of sp³-hybridized carbons (Fsp3) is 0.385. The Hall–Kier alpha value is -1.49. The Morgan fingerprint density at radius 3 is 3.17 bits per heavy atom. The van der Waals surface area contributed by atoms with Crippen LogP contribution in [-0.2, 0) is 0 Å². The highest BCUT2D eigenvalue weighted by molar-refractivity contribution is 7.99. The number of thioether (sulfide) groups is 1. The van der Waals surface area contributed by atoms with Crippen LogP contribution < -0.4 is 5.32 Å². The molecule has 0 aliphatic carbocycles. The highest BCUT2D eigenvalue weighted by atomic mass is 32.2. The summed E-state index contributed by atoms with van der Waals surface area (Å²) in [6, 6.07) is 3.65.